The Bertz CT molecular complexity index is 665. The van der Waals surface area contributed by atoms with E-state index in [0.717, 1.165) is 30.9 Å². The lowest BCUT2D eigenvalue weighted by atomic mass is 10.00. The summed E-state index contributed by atoms with van der Waals surface area (Å²) < 4.78 is 0. The number of nitrogens with two attached hydrogens (primary N) is 1. The van der Waals surface area contributed by atoms with Gasteiger partial charge < -0.3 is 11.1 Å². The fourth-order valence-electron chi connectivity index (χ4n) is 3.14. The Kier molecular flexibility index (Phi) is 5.60. The van der Waals surface area contributed by atoms with Gasteiger partial charge in [0, 0.05) is 37.1 Å². The van der Waals surface area contributed by atoms with Crippen LogP contribution in [-0.4, -0.2) is 34.9 Å². The van der Waals surface area contributed by atoms with E-state index in [4.69, 9.17) is 5.73 Å². The van der Waals surface area contributed by atoms with Crippen LogP contribution in [0.15, 0.2) is 35.7 Å². The van der Waals surface area contributed by atoms with Crippen LogP contribution < -0.4 is 11.1 Å². The molecule has 3 N–H and O–H groups in total. The molecule has 1 amide bonds. The molecular weight excluding hydrogens is 320 g/mol. The highest BCUT2D eigenvalue weighted by atomic mass is 32.1. The van der Waals surface area contributed by atoms with Gasteiger partial charge in [0.2, 0.25) is 0 Å². The number of nitrogens with zero attached hydrogens (tertiary/aromatic N) is 2. The molecule has 1 unspecified atom stereocenters. The van der Waals surface area contributed by atoms with Gasteiger partial charge in [0.15, 0.2) is 0 Å². The van der Waals surface area contributed by atoms with Gasteiger partial charge in [-0.1, -0.05) is 30.3 Å². The first-order valence-electron chi connectivity index (χ1n) is 8.41. The summed E-state index contributed by atoms with van der Waals surface area (Å²) in [5.41, 5.74) is 7.38. The first-order chi connectivity index (χ1) is 11.7. The molecule has 0 spiro atoms. The highest BCUT2D eigenvalue weighted by Gasteiger charge is 2.25. The maximum absolute atomic E-state index is 12.3. The van der Waals surface area contributed by atoms with Crippen molar-refractivity contribution in [2.75, 3.05) is 13.1 Å². The number of rotatable bonds is 5. The van der Waals surface area contributed by atoms with E-state index in [1.165, 1.54) is 16.9 Å². The molecule has 1 fully saturated rings. The van der Waals surface area contributed by atoms with Crippen LogP contribution in [0.2, 0.25) is 0 Å². The van der Waals surface area contributed by atoms with Crippen molar-refractivity contribution >= 4 is 17.2 Å². The standard InChI is InChI=1S/C18H24N4OS/c1-13(14-5-3-2-4-6-14)22-9-7-15(8-10-22)20-18(23)16-12-24-17(11-19)21-16/h2-6,12-13,15H,7-11,19H2,1H3,(H,20,23). The van der Waals surface area contributed by atoms with Crippen LogP contribution in [0, 0.1) is 0 Å². The quantitative estimate of drug-likeness (QED) is 0.874. The molecule has 3 rings (SSSR count). The second kappa shape index (κ2) is 7.88. The fourth-order valence-corrected chi connectivity index (χ4v) is 3.80. The van der Waals surface area contributed by atoms with E-state index in [9.17, 15) is 4.79 Å². The van der Waals surface area contributed by atoms with Gasteiger partial charge in [0.1, 0.15) is 10.7 Å². The Morgan fingerprint density at radius 2 is 2.08 bits per heavy atom. The zero-order valence-electron chi connectivity index (χ0n) is 13.9. The number of hydrogen-bond acceptors (Lipinski definition) is 5. The number of likely N-dealkylation sites (tertiary alicyclic amines) is 1. The summed E-state index contributed by atoms with van der Waals surface area (Å²) >= 11 is 1.44. The lowest BCUT2D eigenvalue weighted by Crippen LogP contribution is -2.45. The van der Waals surface area contributed by atoms with Crippen molar-refractivity contribution in [1.29, 1.82) is 0 Å². The predicted octanol–water partition coefficient (Wildman–Crippen LogP) is 2.56. The van der Waals surface area contributed by atoms with Crippen molar-refractivity contribution < 1.29 is 4.79 Å². The Morgan fingerprint density at radius 3 is 2.71 bits per heavy atom. The fraction of sp³-hybridized carbons (Fsp3) is 0.444. The molecule has 6 heteroatoms. The number of nitrogens with one attached hydrogen (secondary N) is 1. The topological polar surface area (TPSA) is 71.2 Å². The molecule has 24 heavy (non-hydrogen) atoms. The summed E-state index contributed by atoms with van der Waals surface area (Å²) in [6, 6.07) is 11.2. The van der Waals surface area contributed by atoms with Crippen molar-refractivity contribution in [3.05, 3.63) is 52.0 Å². The molecule has 0 bridgehead atoms. The zero-order chi connectivity index (χ0) is 16.9. The average molecular weight is 344 g/mol. The molecule has 0 saturated carbocycles. The summed E-state index contributed by atoms with van der Waals surface area (Å²) in [5, 5.41) is 5.69. The number of hydrogen-bond donors (Lipinski definition) is 2. The van der Waals surface area contributed by atoms with E-state index in [2.05, 4.69) is 46.4 Å². The Morgan fingerprint density at radius 1 is 1.38 bits per heavy atom. The van der Waals surface area contributed by atoms with E-state index in [1.807, 2.05) is 6.07 Å². The Hall–Kier alpha value is -1.76. The van der Waals surface area contributed by atoms with Gasteiger partial charge in [-0.3, -0.25) is 9.69 Å². The molecule has 1 aliphatic heterocycles. The monoisotopic (exact) mass is 344 g/mol. The molecule has 1 aromatic carbocycles. The van der Waals surface area contributed by atoms with E-state index in [1.54, 1.807) is 5.38 Å². The summed E-state index contributed by atoms with van der Waals surface area (Å²) in [6.45, 7) is 4.61. The smallest absolute Gasteiger partial charge is 0.270 e. The molecule has 1 aliphatic rings. The number of carbonyl (C=O) groups is 1. The Labute approximate surface area is 146 Å². The summed E-state index contributed by atoms with van der Waals surface area (Å²) in [6.07, 6.45) is 1.94. The number of thiazole rings is 1. The van der Waals surface area contributed by atoms with E-state index in [0.29, 0.717) is 18.3 Å². The maximum atomic E-state index is 12.3. The molecule has 128 valence electrons. The number of piperidine rings is 1. The summed E-state index contributed by atoms with van der Waals surface area (Å²) in [4.78, 5) is 19.0. The number of aromatic nitrogens is 1. The molecule has 2 heterocycles. The van der Waals surface area contributed by atoms with Gasteiger partial charge in [-0.25, -0.2) is 4.98 Å². The highest BCUT2D eigenvalue weighted by molar-refractivity contribution is 7.09. The summed E-state index contributed by atoms with van der Waals surface area (Å²) in [5.74, 6) is -0.0829. The highest BCUT2D eigenvalue weighted by Crippen LogP contribution is 2.24. The van der Waals surface area contributed by atoms with Crippen molar-refractivity contribution in [3.63, 3.8) is 0 Å². The normalized spacial score (nSPS) is 17.6. The lowest BCUT2D eigenvalue weighted by Gasteiger charge is -2.36. The van der Waals surface area contributed by atoms with Gasteiger partial charge in [-0.05, 0) is 25.3 Å². The minimum Gasteiger partial charge on any atom is -0.348 e. The number of carbonyl (C=O) groups excluding carboxylic acids is 1. The SMILES string of the molecule is CC(c1ccccc1)N1CCC(NC(=O)c2csc(CN)n2)CC1. The van der Waals surface area contributed by atoms with E-state index in [-0.39, 0.29) is 11.9 Å². The van der Waals surface area contributed by atoms with Crippen LogP contribution in [0.3, 0.4) is 0 Å². The minimum absolute atomic E-state index is 0.0829. The molecule has 0 aliphatic carbocycles. The van der Waals surface area contributed by atoms with Crippen molar-refractivity contribution in [3.8, 4) is 0 Å². The average Bonchev–Trinajstić information content (AvgIpc) is 3.12. The second-order valence-corrected chi connectivity index (χ2v) is 7.14. The van der Waals surface area contributed by atoms with Gasteiger partial charge >= 0.3 is 0 Å². The summed E-state index contributed by atoms with van der Waals surface area (Å²) in [7, 11) is 0. The van der Waals surface area contributed by atoms with Crippen LogP contribution in [0.5, 0.6) is 0 Å². The molecule has 2 aromatic rings. The lowest BCUT2D eigenvalue weighted by molar-refractivity contribution is 0.0891. The molecule has 5 nitrogen and oxygen atoms in total. The zero-order valence-corrected chi connectivity index (χ0v) is 14.8. The molecule has 1 saturated heterocycles. The predicted molar refractivity (Wildman–Crippen MR) is 96.9 cm³/mol. The number of amides is 1. The van der Waals surface area contributed by atoms with Gasteiger partial charge in [-0.2, -0.15) is 0 Å². The minimum atomic E-state index is -0.0829. The number of benzene rings is 1. The first-order valence-corrected chi connectivity index (χ1v) is 9.29. The first kappa shape index (κ1) is 17.1. The Balaban J connectivity index is 1.51. The van der Waals surface area contributed by atoms with Gasteiger partial charge in [0.25, 0.3) is 5.91 Å². The van der Waals surface area contributed by atoms with Crippen LogP contribution in [0.4, 0.5) is 0 Å². The van der Waals surface area contributed by atoms with Crippen molar-refractivity contribution in [1.82, 2.24) is 15.2 Å². The van der Waals surface area contributed by atoms with Crippen molar-refractivity contribution in [2.24, 2.45) is 5.73 Å². The molecule has 0 radical (unpaired) electrons. The van der Waals surface area contributed by atoms with Crippen molar-refractivity contribution in [2.45, 2.75) is 38.4 Å². The third kappa shape index (κ3) is 4.01. The second-order valence-electron chi connectivity index (χ2n) is 6.20. The largest absolute Gasteiger partial charge is 0.348 e. The van der Waals surface area contributed by atoms with Crippen LogP contribution >= 0.6 is 11.3 Å². The van der Waals surface area contributed by atoms with Crippen LogP contribution in [0.1, 0.15) is 46.9 Å². The molecular formula is C18H24N4OS. The van der Waals surface area contributed by atoms with Crippen LogP contribution in [0.25, 0.3) is 0 Å². The van der Waals surface area contributed by atoms with E-state index >= 15 is 0 Å². The van der Waals surface area contributed by atoms with Gasteiger partial charge in [0.05, 0.1) is 0 Å². The maximum Gasteiger partial charge on any atom is 0.270 e. The third-order valence-electron chi connectivity index (χ3n) is 4.65. The molecule has 1 aromatic heterocycles. The van der Waals surface area contributed by atoms with E-state index < -0.39 is 0 Å². The molecule has 1 atom stereocenters. The van der Waals surface area contributed by atoms with Crippen LogP contribution in [-0.2, 0) is 6.54 Å². The third-order valence-corrected chi connectivity index (χ3v) is 5.52. The van der Waals surface area contributed by atoms with Gasteiger partial charge in [-0.15, -0.1) is 11.3 Å².